The molecule has 0 unspecified atom stereocenters. The first kappa shape index (κ1) is 10.3. The van der Waals surface area contributed by atoms with E-state index >= 15 is 0 Å². The van der Waals surface area contributed by atoms with E-state index in [0.717, 1.165) is 5.76 Å². The maximum absolute atomic E-state index is 11.7. The minimum absolute atomic E-state index is 0.163. The van der Waals surface area contributed by atoms with Crippen molar-refractivity contribution in [1.29, 1.82) is 0 Å². The Kier molecular flexibility index (Phi) is 2.91. The summed E-state index contributed by atoms with van der Waals surface area (Å²) in [6.07, 6.45) is 1.57. The van der Waals surface area contributed by atoms with Gasteiger partial charge >= 0.3 is 0 Å². The molecule has 0 spiro atoms. The highest BCUT2D eigenvalue weighted by molar-refractivity contribution is 5.94. The summed E-state index contributed by atoms with van der Waals surface area (Å²) < 4.78 is 5.10. The Labute approximate surface area is 93.1 Å². The fourth-order valence-electron chi connectivity index (χ4n) is 1.36. The fraction of sp³-hybridized carbons (Fsp3) is 0.0833. The van der Waals surface area contributed by atoms with E-state index in [9.17, 15) is 4.79 Å². The first-order valence-electron chi connectivity index (χ1n) is 4.92. The number of nitrogens with two attached hydrogens (primary N) is 1. The SMILES string of the molecule is Nc1cccc(C(=O)NCc2ccco2)c1. The van der Waals surface area contributed by atoms with E-state index in [-0.39, 0.29) is 5.91 Å². The molecule has 4 nitrogen and oxygen atoms in total. The maximum Gasteiger partial charge on any atom is 0.251 e. The van der Waals surface area contributed by atoms with E-state index in [1.807, 2.05) is 0 Å². The second-order valence-electron chi connectivity index (χ2n) is 3.39. The molecule has 0 saturated carbocycles. The first-order chi connectivity index (χ1) is 7.75. The van der Waals surface area contributed by atoms with Crippen LogP contribution in [0.1, 0.15) is 16.1 Å². The van der Waals surface area contributed by atoms with E-state index < -0.39 is 0 Å². The monoisotopic (exact) mass is 216 g/mol. The molecular weight excluding hydrogens is 204 g/mol. The van der Waals surface area contributed by atoms with Gasteiger partial charge in [-0.25, -0.2) is 0 Å². The van der Waals surface area contributed by atoms with E-state index in [2.05, 4.69) is 5.32 Å². The molecule has 1 amide bonds. The molecule has 0 aliphatic rings. The average molecular weight is 216 g/mol. The van der Waals surface area contributed by atoms with E-state index in [0.29, 0.717) is 17.8 Å². The van der Waals surface area contributed by atoms with E-state index in [4.69, 9.17) is 10.2 Å². The topological polar surface area (TPSA) is 68.3 Å². The number of nitrogen functional groups attached to an aromatic ring is 1. The standard InChI is InChI=1S/C12H12N2O2/c13-10-4-1-3-9(7-10)12(15)14-8-11-5-2-6-16-11/h1-7H,8,13H2,(H,14,15). The van der Waals surface area contributed by atoms with Gasteiger partial charge in [-0.3, -0.25) is 4.79 Å². The first-order valence-corrected chi connectivity index (χ1v) is 4.92. The highest BCUT2D eigenvalue weighted by Crippen LogP contribution is 2.07. The lowest BCUT2D eigenvalue weighted by molar-refractivity contribution is 0.0948. The third-order valence-electron chi connectivity index (χ3n) is 2.15. The van der Waals surface area contributed by atoms with Gasteiger partial charge in [-0.2, -0.15) is 0 Å². The molecule has 1 aromatic heterocycles. The second-order valence-corrected chi connectivity index (χ2v) is 3.39. The molecule has 4 heteroatoms. The van der Waals surface area contributed by atoms with Gasteiger partial charge in [0.1, 0.15) is 5.76 Å². The highest BCUT2D eigenvalue weighted by Gasteiger charge is 2.05. The van der Waals surface area contributed by atoms with Crippen molar-refractivity contribution < 1.29 is 9.21 Å². The molecule has 0 saturated heterocycles. The Morgan fingerprint density at radius 2 is 2.19 bits per heavy atom. The summed E-state index contributed by atoms with van der Waals surface area (Å²) >= 11 is 0. The lowest BCUT2D eigenvalue weighted by Gasteiger charge is -2.03. The zero-order chi connectivity index (χ0) is 11.4. The van der Waals surface area contributed by atoms with Crippen LogP contribution < -0.4 is 11.1 Å². The maximum atomic E-state index is 11.7. The van der Waals surface area contributed by atoms with Gasteiger partial charge in [-0.1, -0.05) is 6.07 Å². The van der Waals surface area contributed by atoms with Gasteiger partial charge in [-0.15, -0.1) is 0 Å². The van der Waals surface area contributed by atoms with Crippen LogP contribution in [0.5, 0.6) is 0 Å². The van der Waals surface area contributed by atoms with Crippen LogP contribution in [0, 0.1) is 0 Å². The third kappa shape index (κ3) is 2.42. The molecule has 0 atom stereocenters. The van der Waals surface area contributed by atoms with Crippen molar-refractivity contribution in [2.45, 2.75) is 6.54 Å². The molecule has 1 heterocycles. The fourth-order valence-corrected chi connectivity index (χ4v) is 1.36. The van der Waals surface area contributed by atoms with Gasteiger partial charge in [0, 0.05) is 11.3 Å². The number of amides is 1. The molecule has 16 heavy (non-hydrogen) atoms. The summed E-state index contributed by atoms with van der Waals surface area (Å²) in [5.74, 6) is 0.556. The Morgan fingerprint density at radius 3 is 2.88 bits per heavy atom. The molecule has 3 N–H and O–H groups in total. The number of hydrogen-bond donors (Lipinski definition) is 2. The molecule has 82 valence electrons. The quantitative estimate of drug-likeness (QED) is 0.768. The van der Waals surface area contributed by atoms with Gasteiger partial charge in [0.15, 0.2) is 0 Å². The molecular formula is C12H12N2O2. The summed E-state index contributed by atoms with van der Waals surface area (Å²) in [6, 6.07) is 10.4. The van der Waals surface area contributed by atoms with Crippen LogP contribution in [-0.2, 0) is 6.54 Å². The number of furan rings is 1. The van der Waals surface area contributed by atoms with Gasteiger partial charge in [0.25, 0.3) is 5.91 Å². The molecule has 0 aliphatic heterocycles. The summed E-state index contributed by atoms with van der Waals surface area (Å²) in [5.41, 5.74) is 6.71. The molecule has 2 rings (SSSR count). The van der Waals surface area contributed by atoms with Crippen molar-refractivity contribution in [3.63, 3.8) is 0 Å². The summed E-state index contributed by atoms with van der Waals surface area (Å²) in [5, 5.41) is 2.74. The van der Waals surface area contributed by atoms with E-state index in [1.54, 1.807) is 42.7 Å². The number of anilines is 1. The Bertz CT molecular complexity index is 478. The van der Waals surface area contributed by atoms with Crippen molar-refractivity contribution in [3.8, 4) is 0 Å². The minimum atomic E-state index is -0.163. The van der Waals surface area contributed by atoms with Crippen molar-refractivity contribution in [1.82, 2.24) is 5.32 Å². The predicted octanol–water partition coefficient (Wildman–Crippen LogP) is 1.79. The summed E-state index contributed by atoms with van der Waals surface area (Å²) in [6.45, 7) is 0.376. The third-order valence-corrected chi connectivity index (χ3v) is 2.15. The summed E-state index contributed by atoms with van der Waals surface area (Å²) in [7, 11) is 0. The number of carbonyl (C=O) groups excluding carboxylic acids is 1. The zero-order valence-electron chi connectivity index (χ0n) is 8.64. The normalized spacial score (nSPS) is 10.0. The van der Waals surface area contributed by atoms with Crippen LogP contribution in [-0.4, -0.2) is 5.91 Å². The zero-order valence-corrected chi connectivity index (χ0v) is 8.64. The van der Waals surface area contributed by atoms with Crippen LogP contribution in [0.2, 0.25) is 0 Å². The van der Waals surface area contributed by atoms with Crippen molar-refractivity contribution >= 4 is 11.6 Å². The van der Waals surface area contributed by atoms with Crippen LogP contribution in [0.15, 0.2) is 47.1 Å². The number of nitrogens with one attached hydrogen (secondary N) is 1. The predicted molar refractivity (Wildman–Crippen MR) is 60.7 cm³/mol. The average Bonchev–Trinajstić information content (AvgIpc) is 2.78. The second kappa shape index (κ2) is 4.53. The largest absolute Gasteiger partial charge is 0.467 e. The summed E-state index contributed by atoms with van der Waals surface area (Å²) in [4.78, 5) is 11.7. The van der Waals surface area contributed by atoms with Crippen molar-refractivity contribution in [2.24, 2.45) is 0 Å². The number of benzene rings is 1. The highest BCUT2D eigenvalue weighted by atomic mass is 16.3. The number of carbonyl (C=O) groups is 1. The van der Waals surface area contributed by atoms with Crippen LogP contribution in [0.25, 0.3) is 0 Å². The van der Waals surface area contributed by atoms with Crippen LogP contribution in [0.3, 0.4) is 0 Å². The van der Waals surface area contributed by atoms with Crippen molar-refractivity contribution in [3.05, 3.63) is 54.0 Å². The number of hydrogen-bond acceptors (Lipinski definition) is 3. The lowest BCUT2D eigenvalue weighted by Crippen LogP contribution is -2.22. The van der Waals surface area contributed by atoms with Crippen molar-refractivity contribution in [2.75, 3.05) is 5.73 Å². The molecule has 0 aliphatic carbocycles. The minimum Gasteiger partial charge on any atom is -0.467 e. The van der Waals surface area contributed by atoms with Gasteiger partial charge < -0.3 is 15.5 Å². The van der Waals surface area contributed by atoms with Crippen LogP contribution >= 0.6 is 0 Å². The molecule has 0 radical (unpaired) electrons. The Hall–Kier alpha value is -2.23. The molecule has 0 bridgehead atoms. The van der Waals surface area contributed by atoms with Gasteiger partial charge in [0.05, 0.1) is 12.8 Å². The van der Waals surface area contributed by atoms with E-state index in [1.165, 1.54) is 0 Å². The van der Waals surface area contributed by atoms with Gasteiger partial charge in [-0.05, 0) is 30.3 Å². The Balaban J connectivity index is 1.98. The Morgan fingerprint density at radius 1 is 1.31 bits per heavy atom. The molecule has 0 fully saturated rings. The number of rotatable bonds is 3. The molecule has 1 aromatic carbocycles. The van der Waals surface area contributed by atoms with Gasteiger partial charge in [0.2, 0.25) is 0 Å². The molecule has 2 aromatic rings. The smallest absolute Gasteiger partial charge is 0.251 e. The lowest BCUT2D eigenvalue weighted by atomic mass is 10.2. The van der Waals surface area contributed by atoms with Crippen LogP contribution in [0.4, 0.5) is 5.69 Å².